The minimum atomic E-state index is -0.506. The first-order valence-corrected chi connectivity index (χ1v) is 5.19. The van der Waals surface area contributed by atoms with Crippen molar-refractivity contribution in [3.8, 4) is 5.75 Å². The summed E-state index contributed by atoms with van der Waals surface area (Å²) in [5.74, 6) is 0.942. The van der Waals surface area contributed by atoms with E-state index in [2.05, 4.69) is 0 Å². The third kappa shape index (κ3) is 3.57. The van der Waals surface area contributed by atoms with Crippen LogP contribution in [0.25, 0.3) is 0 Å². The molecular formula is C9H9Cl2NO3. The van der Waals surface area contributed by atoms with Crippen LogP contribution >= 0.6 is 23.2 Å². The van der Waals surface area contributed by atoms with Crippen molar-refractivity contribution < 1.29 is 9.66 Å². The summed E-state index contributed by atoms with van der Waals surface area (Å²) in [7, 11) is 0. The fraction of sp³-hybridized carbons (Fsp3) is 0.333. The van der Waals surface area contributed by atoms with E-state index in [9.17, 15) is 10.1 Å². The largest absolute Gasteiger partial charge is 0.492 e. The Morgan fingerprint density at radius 1 is 1.47 bits per heavy atom. The zero-order chi connectivity index (χ0) is 11.3. The Morgan fingerprint density at radius 2 is 2.20 bits per heavy atom. The lowest BCUT2D eigenvalue weighted by Crippen LogP contribution is -1.98. The van der Waals surface area contributed by atoms with Gasteiger partial charge in [-0.25, -0.2) is 0 Å². The molecule has 15 heavy (non-hydrogen) atoms. The molecule has 0 aliphatic rings. The Labute approximate surface area is 96.9 Å². The van der Waals surface area contributed by atoms with Gasteiger partial charge in [0.25, 0.3) is 5.69 Å². The molecule has 0 amide bonds. The van der Waals surface area contributed by atoms with E-state index < -0.39 is 4.92 Å². The topological polar surface area (TPSA) is 52.4 Å². The van der Waals surface area contributed by atoms with Crippen LogP contribution in [0.5, 0.6) is 5.75 Å². The normalized spacial score (nSPS) is 10.0. The average molecular weight is 250 g/mol. The van der Waals surface area contributed by atoms with Crippen LogP contribution in [0.2, 0.25) is 5.02 Å². The number of rotatable bonds is 5. The number of nitrogens with zero attached hydrogens (tertiary/aromatic N) is 1. The maximum atomic E-state index is 10.4. The van der Waals surface area contributed by atoms with Crippen molar-refractivity contribution >= 4 is 28.9 Å². The quantitative estimate of drug-likeness (QED) is 0.349. The van der Waals surface area contributed by atoms with Gasteiger partial charge in [-0.05, 0) is 12.5 Å². The molecule has 0 saturated carbocycles. The van der Waals surface area contributed by atoms with Crippen molar-refractivity contribution in [2.24, 2.45) is 0 Å². The summed E-state index contributed by atoms with van der Waals surface area (Å²) in [5, 5.41) is 10.6. The molecule has 0 spiro atoms. The molecule has 0 aliphatic heterocycles. The second kappa shape index (κ2) is 5.78. The van der Waals surface area contributed by atoms with Gasteiger partial charge in [-0.3, -0.25) is 10.1 Å². The monoisotopic (exact) mass is 249 g/mol. The predicted octanol–water partition coefficient (Wildman–Crippen LogP) is 3.26. The lowest BCUT2D eigenvalue weighted by molar-refractivity contribution is -0.384. The maximum absolute atomic E-state index is 10.4. The molecule has 1 rings (SSSR count). The Balaban J connectivity index is 2.70. The highest BCUT2D eigenvalue weighted by atomic mass is 35.5. The van der Waals surface area contributed by atoms with Gasteiger partial charge < -0.3 is 4.74 Å². The molecule has 82 valence electrons. The highest BCUT2D eigenvalue weighted by molar-refractivity contribution is 6.32. The van der Waals surface area contributed by atoms with Crippen molar-refractivity contribution in [1.29, 1.82) is 0 Å². The van der Waals surface area contributed by atoms with Crippen LogP contribution in [0.4, 0.5) is 5.69 Å². The SMILES string of the molecule is O=[N+]([O-])c1ccc(OCCCCl)c(Cl)c1. The molecule has 1 aromatic carbocycles. The average Bonchev–Trinajstić information content (AvgIpc) is 2.20. The molecule has 1 aromatic rings. The van der Waals surface area contributed by atoms with E-state index in [1.54, 1.807) is 0 Å². The van der Waals surface area contributed by atoms with Gasteiger partial charge in [0.2, 0.25) is 0 Å². The minimum Gasteiger partial charge on any atom is -0.492 e. The molecule has 0 aliphatic carbocycles. The molecule has 0 unspecified atom stereocenters. The van der Waals surface area contributed by atoms with Gasteiger partial charge in [-0.15, -0.1) is 11.6 Å². The highest BCUT2D eigenvalue weighted by Gasteiger charge is 2.09. The molecule has 6 heteroatoms. The van der Waals surface area contributed by atoms with Crippen LogP contribution < -0.4 is 4.74 Å². The molecule has 0 N–H and O–H groups in total. The number of hydrogen-bond donors (Lipinski definition) is 0. The molecular weight excluding hydrogens is 241 g/mol. The van der Waals surface area contributed by atoms with Crippen molar-refractivity contribution in [2.75, 3.05) is 12.5 Å². The first kappa shape index (κ1) is 12.1. The summed E-state index contributed by atoms with van der Waals surface area (Å²) < 4.78 is 5.27. The van der Waals surface area contributed by atoms with E-state index >= 15 is 0 Å². The summed E-state index contributed by atoms with van der Waals surface area (Å²) in [6.45, 7) is 0.445. The van der Waals surface area contributed by atoms with Gasteiger partial charge in [0.15, 0.2) is 0 Å². The Kier molecular flexibility index (Phi) is 4.65. The van der Waals surface area contributed by atoms with Crippen molar-refractivity contribution in [1.82, 2.24) is 0 Å². The van der Waals surface area contributed by atoms with Crippen LogP contribution in [0.1, 0.15) is 6.42 Å². The molecule has 0 saturated heterocycles. The Hall–Kier alpha value is -1.00. The Bertz CT molecular complexity index is 357. The van der Waals surface area contributed by atoms with Crippen molar-refractivity contribution in [2.45, 2.75) is 6.42 Å². The van der Waals surface area contributed by atoms with Crippen LogP contribution in [-0.2, 0) is 0 Å². The van der Waals surface area contributed by atoms with Gasteiger partial charge in [0.1, 0.15) is 5.75 Å². The molecule has 4 nitrogen and oxygen atoms in total. The van der Waals surface area contributed by atoms with E-state index in [-0.39, 0.29) is 10.7 Å². The Morgan fingerprint density at radius 3 is 2.73 bits per heavy atom. The van der Waals surface area contributed by atoms with E-state index in [4.69, 9.17) is 27.9 Å². The highest BCUT2D eigenvalue weighted by Crippen LogP contribution is 2.28. The minimum absolute atomic E-state index is 0.0512. The first-order valence-electron chi connectivity index (χ1n) is 4.28. The standard InChI is InChI=1S/C9H9Cl2NO3/c10-4-1-5-15-9-3-2-7(12(13)14)6-8(9)11/h2-3,6H,1,4-5H2. The summed E-state index contributed by atoms with van der Waals surface area (Å²) in [5.41, 5.74) is -0.0512. The van der Waals surface area contributed by atoms with Crippen LogP contribution in [0.15, 0.2) is 18.2 Å². The predicted molar refractivity (Wildman–Crippen MR) is 58.9 cm³/mol. The summed E-state index contributed by atoms with van der Waals surface area (Å²) in [4.78, 5) is 9.91. The first-order chi connectivity index (χ1) is 7.15. The number of nitro benzene ring substituents is 1. The third-order valence-electron chi connectivity index (χ3n) is 1.66. The van der Waals surface area contributed by atoms with Crippen molar-refractivity contribution in [3.05, 3.63) is 33.3 Å². The summed E-state index contributed by atoms with van der Waals surface area (Å²) >= 11 is 11.3. The summed E-state index contributed by atoms with van der Waals surface area (Å²) in [6, 6.07) is 4.09. The van der Waals surface area contributed by atoms with E-state index in [1.807, 2.05) is 0 Å². The molecule has 0 fully saturated rings. The second-order valence-electron chi connectivity index (χ2n) is 2.76. The van der Waals surface area contributed by atoms with Crippen LogP contribution in [0.3, 0.4) is 0 Å². The van der Waals surface area contributed by atoms with Crippen LogP contribution in [-0.4, -0.2) is 17.4 Å². The number of non-ortho nitro benzene ring substituents is 1. The van der Waals surface area contributed by atoms with Gasteiger partial charge in [-0.1, -0.05) is 11.6 Å². The van der Waals surface area contributed by atoms with Crippen LogP contribution in [0, 0.1) is 10.1 Å². The zero-order valence-corrected chi connectivity index (χ0v) is 9.29. The number of alkyl halides is 1. The molecule has 0 heterocycles. The van der Waals surface area contributed by atoms with Gasteiger partial charge in [0, 0.05) is 18.0 Å². The lowest BCUT2D eigenvalue weighted by Gasteiger charge is -2.06. The summed E-state index contributed by atoms with van der Waals surface area (Å²) in [6.07, 6.45) is 0.703. The van der Waals surface area contributed by atoms with E-state index in [0.717, 1.165) is 0 Å². The van der Waals surface area contributed by atoms with Gasteiger partial charge in [-0.2, -0.15) is 0 Å². The molecule has 0 aromatic heterocycles. The number of hydrogen-bond acceptors (Lipinski definition) is 3. The fourth-order valence-electron chi connectivity index (χ4n) is 0.957. The molecule has 0 atom stereocenters. The smallest absolute Gasteiger partial charge is 0.271 e. The number of benzene rings is 1. The zero-order valence-electron chi connectivity index (χ0n) is 7.78. The van der Waals surface area contributed by atoms with E-state index in [0.29, 0.717) is 24.7 Å². The third-order valence-corrected chi connectivity index (χ3v) is 2.22. The number of nitro groups is 1. The number of halogens is 2. The lowest BCUT2D eigenvalue weighted by atomic mass is 10.3. The fourth-order valence-corrected chi connectivity index (χ4v) is 1.30. The molecule has 0 bridgehead atoms. The van der Waals surface area contributed by atoms with Gasteiger partial charge >= 0.3 is 0 Å². The number of ether oxygens (including phenoxy) is 1. The van der Waals surface area contributed by atoms with E-state index in [1.165, 1.54) is 18.2 Å². The maximum Gasteiger partial charge on any atom is 0.271 e. The molecule has 0 radical (unpaired) electrons. The second-order valence-corrected chi connectivity index (χ2v) is 3.55. The van der Waals surface area contributed by atoms with Gasteiger partial charge in [0.05, 0.1) is 16.6 Å². The van der Waals surface area contributed by atoms with Crippen molar-refractivity contribution in [3.63, 3.8) is 0 Å².